The van der Waals surface area contributed by atoms with Gasteiger partial charge in [-0.15, -0.1) is 0 Å². The molecule has 2 N–H and O–H groups in total. The van der Waals surface area contributed by atoms with Crippen LogP contribution in [-0.2, 0) is 14.3 Å². The highest BCUT2D eigenvalue weighted by Gasteiger charge is 2.16. The van der Waals surface area contributed by atoms with Gasteiger partial charge in [0, 0.05) is 12.6 Å². The van der Waals surface area contributed by atoms with E-state index in [-0.39, 0.29) is 24.4 Å². The zero-order chi connectivity index (χ0) is 9.56. The summed E-state index contributed by atoms with van der Waals surface area (Å²) in [4.78, 5) is 22.0. The van der Waals surface area contributed by atoms with E-state index in [1.54, 1.807) is 13.8 Å². The van der Waals surface area contributed by atoms with Crippen molar-refractivity contribution < 1.29 is 14.3 Å². The third-order valence-electron chi connectivity index (χ3n) is 1.28. The van der Waals surface area contributed by atoms with Gasteiger partial charge in [-0.1, -0.05) is 6.92 Å². The molecule has 0 saturated heterocycles. The Morgan fingerprint density at radius 2 is 2.00 bits per heavy atom. The van der Waals surface area contributed by atoms with E-state index < -0.39 is 5.97 Å². The largest absolute Gasteiger partial charge is 0.462 e. The van der Waals surface area contributed by atoms with Crippen LogP contribution in [0.1, 0.15) is 20.3 Å². The highest BCUT2D eigenvalue weighted by Crippen LogP contribution is 2.00. The molecule has 0 bridgehead atoms. The van der Waals surface area contributed by atoms with Crippen LogP contribution in [0.15, 0.2) is 11.8 Å². The minimum Gasteiger partial charge on any atom is -0.462 e. The molecule has 0 aromatic carbocycles. The number of ketones is 1. The first-order chi connectivity index (χ1) is 5.67. The van der Waals surface area contributed by atoms with Crippen molar-refractivity contribution in [2.75, 3.05) is 6.61 Å². The first-order valence-corrected chi connectivity index (χ1v) is 3.79. The van der Waals surface area contributed by atoms with Crippen LogP contribution < -0.4 is 5.73 Å². The van der Waals surface area contributed by atoms with Crippen LogP contribution in [0.25, 0.3) is 0 Å². The van der Waals surface area contributed by atoms with Crippen LogP contribution in [0, 0.1) is 0 Å². The Bertz CT molecular complexity index is 208. The average molecular weight is 171 g/mol. The lowest BCUT2D eigenvalue weighted by molar-refractivity contribution is -0.140. The summed E-state index contributed by atoms with van der Waals surface area (Å²) >= 11 is 0. The molecule has 0 amide bonds. The predicted octanol–water partition coefficient (Wildman–Crippen LogP) is 0.371. The lowest BCUT2D eigenvalue weighted by atomic mass is 10.1. The van der Waals surface area contributed by atoms with Gasteiger partial charge in [0.1, 0.15) is 5.57 Å². The number of hydrogen-bond acceptors (Lipinski definition) is 4. The van der Waals surface area contributed by atoms with Crippen molar-refractivity contribution in [3.05, 3.63) is 11.8 Å². The normalized spacial score (nSPS) is 11.0. The van der Waals surface area contributed by atoms with E-state index in [4.69, 9.17) is 5.73 Å². The van der Waals surface area contributed by atoms with Gasteiger partial charge < -0.3 is 10.5 Å². The molecule has 0 atom stereocenters. The number of carbonyl (C=O) groups is 2. The molecule has 0 spiro atoms. The van der Waals surface area contributed by atoms with E-state index in [9.17, 15) is 9.59 Å². The molecule has 4 nitrogen and oxygen atoms in total. The highest BCUT2D eigenvalue weighted by atomic mass is 16.5. The Balaban J connectivity index is 4.37. The quantitative estimate of drug-likeness (QED) is 0.287. The van der Waals surface area contributed by atoms with Gasteiger partial charge in [-0.3, -0.25) is 4.79 Å². The Morgan fingerprint density at radius 1 is 1.42 bits per heavy atom. The molecule has 0 fully saturated rings. The third kappa shape index (κ3) is 2.74. The maximum atomic E-state index is 11.0. The molecular formula is C8H13NO3. The summed E-state index contributed by atoms with van der Waals surface area (Å²) in [6.07, 6.45) is 1.24. The SMILES string of the molecule is CCOC(=O)C(=CN)C(=O)CC. The monoisotopic (exact) mass is 171 g/mol. The summed E-state index contributed by atoms with van der Waals surface area (Å²) in [5, 5.41) is 0. The summed E-state index contributed by atoms with van der Waals surface area (Å²) < 4.78 is 4.61. The fourth-order valence-electron chi connectivity index (χ4n) is 0.674. The second kappa shape index (κ2) is 5.35. The zero-order valence-electron chi connectivity index (χ0n) is 7.29. The summed E-state index contributed by atoms with van der Waals surface area (Å²) in [6.45, 7) is 3.57. The molecule has 12 heavy (non-hydrogen) atoms. The number of Topliss-reactive ketones (excluding diaryl/α,β-unsaturated/α-hetero) is 1. The fourth-order valence-corrected chi connectivity index (χ4v) is 0.674. The van der Waals surface area contributed by atoms with Crippen molar-refractivity contribution in [2.45, 2.75) is 20.3 Å². The smallest absolute Gasteiger partial charge is 0.343 e. The van der Waals surface area contributed by atoms with Gasteiger partial charge in [-0.25, -0.2) is 4.79 Å². The second-order valence-corrected chi connectivity index (χ2v) is 2.08. The van der Waals surface area contributed by atoms with Crippen molar-refractivity contribution in [1.29, 1.82) is 0 Å². The second-order valence-electron chi connectivity index (χ2n) is 2.08. The summed E-state index contributed by atoms with van der Waals surface area (Å²) in [5.41, 5.74) is 5.03. The first-order valence-electron chi connectivity index (χ1n) is 3.79. The Labute approximate surface area is 71.4 Å². The maximum absolute atomic E-state index is 11.0. The summed E-state index contributed by atoms with van der Waals surface area (Å²) in [7, 11) is 0. The van der Waals surface area contributed by atoms with E-state index in [0.717, 1.165) is 6.20 Å². The number of carbonyl (C=O) groups excluding carboxylic acids is 2. The van der Waals surface area contributed by atoms with Gasteiger partial charge in [0.2, 0.25) is 0 Å². The van der Waals surface area contributed by atoms with Gasteiger partial charge >= 0.3 is 5.97 Å². The van der Waals surface area contributed by atoms with Crippen molar-refractivity contribution in [3.8, 4) is 0 Å². The first kappa shape index (κ1) is 10.7. The van der Waals surface area contributed by atoms with Crippen LogP contribution >= 0.6 is 0 Å². The lowest BCUT2D eigenvalue weighted by Gasteiger charge is -2.02. The minimum absolute atomic E-state index is 0.0700. The minimum atomic E-state index is -0.646. The Kier molecular flexibility index (Phi) is 4.76. The molecule has 0 aromatic rings. The summed E-state index contributed by atoms with van der Waals surface area (Å²) in [6, 6.07) is 0. The standard InChI is InChI=1S/C8H13NO3/c1-3-7(10)6(5-9)8(11)12-4-2/h5H,3-4,9H2,1-2H3. The van der Waals surface area contributed by atoms with Crippen LogP contribution in [-0.4, -0.2) is 18.4 Å². The third-order valence-corrected chi connectivity index (χ3v) is 1.28. The van der Waals surface area contributed by atoms with Gasteiger partial charge in [0.05, 0.1) is 6.61 Å². The van der Waals surface area contributed by atoms with Crippen LogP contribution in [0.4, 0.5) is 0 Å². The average Bonchev–Trinajstić information content (AvgIpc) is 2.06. The van der Waals surface area contributed by atoms with Crippen molar-refractivity contribution in [3.63, 3.8) is 0 Å². The molecule has 0 heterocycles. The fraction of sp³-hybridized carbons (Fsp3) is 0.500. The molecule has 0 aliphatic heterocycles. The molecule has 0 radical (unpaired) electrons. The molecule has 0 rings (SSSR count). The number of hydrogen-bond donors (Lipinski definition) is 1. The lowest BCUT2D eigenvalue weighted by Crippen LogP contribution is -2.16. The number of ether oxygens (including phenoxy) is 1. The Hall–Kier alpha value is -1.32. The molecule has 0 aliphatic rings. The van der Waals surface area contributed by atoms with Crippen LogP contribution in [0.2, 0.25) is 0 Å². The van der Waals surface area contributed by atoms with E-state index in [0.29, 0.717) is 0 Å². The maximum Gasteiger partial charge on any atom is 0.343 e. The molecular weight excluding hydrogens is 158 g/mol. The number of nitrogens with two attached hydrogens (primary N) is 1. The van der Waals surface area contributed by atoms with E-state index in [2.05, 4.69) is 4.74 Å². The van der Waals surface area contributed by atoms with Crippen molar-refractivity contribution in [1.82, 2.24) is 0 Å². The van der Waals surface area contributed by atoms with Crippen molar-refractivity contribution >= 4 is 11.8 Å². The molecule has 0 saturated carbocycles. The highest BCUT2D eigenvalue weighted by molar-refractivity contribution is 6.17. The van der Waals surface area contributed by atoms with Crippen molar-refractivity contribution in [2.24, 2.45) is 5.73 Å². The molecule has 68 valence electrons. The predicted molar refractivity (Wildman–Crippen MR) is 44.2 cm³/mol. The van der Waals surface area contributed by atoms with Crippen LogP contribution in [0.3, 0.4) is 0 Å². The van der Waals surface area contributed by atoms with Gasteiger partial charge in [0.25, 0.3) is 0 Å². The molecule has 0 aliphatic carbocycles. The Morgan fingerprint density at radius 3 is 2.33 bits per heavy atom. The zero-order valence-corrected chi connectivity index (χ0v) is 7.29. The molecule has 0 unspecified atom stereocenters. The van der Waals surface area contributed by atoms with Gasteiger partial charge in [-0.2, -0.15) is 0 Å². The van der Waals surface area contributed by atoms with E-state index in [1.807, 2.05) is 0 Å². The number of rotatable bonds is 4. The van der Waals surface area contributed by atoms with Crippen LogP contribution in [0.5, 0.6) is 0 Å². The van der Waals surface area contributed by atoms with Gasteiger partial charge in [0.15, 0.2) is 5.78 Å². The van der Waals surface area contributed by atoms with E-state index in [1.165, 1.54) is 0 Å². The molecule has 0 aromatic heterocycles. The topological polar surface area (TPSA) is 69.4 Å². The van der Waals surface area contributed by atoms with E-state index >= 15 is 0 Å². The number of esters is 1. The molecule has 4 heteroatoms. The van der Waals surface area contributed by atoms with Gasteiger partial charge in [-0.05, 0) is 6.92 Å². The summed E-state index contributed by atoms with van der Waals surface area (Å²) in [5.74, 6) is -0.942.